The number of aromatic nitrogens is 3. The average molecular weight is 323 g/mol. The van der Waals surface area contributed by atoms with Crippen molar-refractivity contribution >= 4 is 5.82 Å². The second-order valence-corrected chi connectivity index (χ2v) is 6.71. The largest absolute Gasteiger partial charge is 0.370 e. The topological polar surface area (TPSA) is 42.7 Å². The fourth-order valence-corrected chi connectivity index (χ4v) is 2.99. The monoisotopic (exact) mass is 322 g/mol. The third-order valence-electron chi connectivity index (χ3n) is 4.54. The minimum Gasteiger partial charge on any atom is -0.370 e. The summed E-state index contributed by atoms with van der Waals surface area (Å²) in [5, 5.41) is 11.1. The molecular formula is C19H38N4. The second kappa shape index (κ2) is 14.5. The van der Waals surface area contributed by atoms with E-state index < -0.39 is 0 Å². The highest BCUT2D eigenvalue weighted by molar-refractivity contribution is 5.27. The summed E-state index contributed by atoms with van der Waals surface area (Å²) in [7, 11) is 1.88. The van der Waals surface area contributed by atoms with Crippen LogP contribution in [0.25, 0.3) is 0 Å². The minimum atomic E-state index is 0.857. The van der Waals surface area contributed by atoms with Crippen LogP contribution >= 0.6 is 0 Å². The van der Waals surface area contributed by atoms with E-state index in [1.165, 1.54) is 89.9 Å². The van der Waals surface area contributed by atoms with E-state index in [9.17, 15) is 0 Å². The number of unbranched alkanes of at least 4 members (excludes halogenated alkanes) is 13. The molecule has 0 aliphatic rings. The zero-order valence-corrected chi connectivity index (χ0v) is 15.5. The molecule has 0 fully saturated rings. The molecule has 1 aromatic heterocycles. The Bertz CT molecular complexity index is 362. The van der Waals surface area contributed by atoms with Gasteiger partial charge in [-0.3, -0.25) is 4.68 Å². The van der Waals surface area contributed by atoms with E-state index in [2.05, 4.69) is 22.6 Å². The van der Waals surface area contributed by atoms with Gasteiger partial charge in [0.25, 0.3) is 0 Å². The first-order chi connectivity index (χ1) is 11.4. The molecule has 0 atom stereocenters. The highest BCUT2D eigenvalue weighted by atomic mass is 15.4. The van der Waals surface area contributed by atoms with Crippen molar-refractivity contribution in [2.75, 3.05) is 12.4 Å². The highest BCUT2D eigenvalue weighted by Gasteiger charge is 1.98. The van der Waals surface area contributed by atoms with E-state index >= 15 is 0 Å². The number of anilines is 1. The summed E-state index contributed by atoms with van der Waals surface area (Å²) in [4.78, 5) is 0. The molecule has 0 aromatic carbocycles. The molecule has 4 nitrogen and oxygen atoms in total. The maximum absolute atomic E-state index is 4.09. The van der Waals surface area contributed by atoms with Crippen LogP contribution in [0.2, 0.25) is 0 Å². The Morgan fingerprint density at radius 3 is 1.70 bits per heavy atom. The van der Waals surface area contributed by atoms with Crippen LogP contribution in [0.1, 0.15) is 96.8 Å². The van der Waals surface area contributed by atoms with Gasteiger partial charge < -0.3 is 5.32 Å². The van der Waals surface area contributed by atoms with Crippen LogP contribution in [0.5, 0.6) is 0 Å². The Hall–Kier alpha value is -1.06. The van der Waals surface area contributed by atoms with Crippen molar-refractivity contribution in [3.8, 4) is 0 Å². The van der Waals surface area contributed by atoms with Gasteiger partial charge in [0.1, 0.15) is 0 Å². The zero-order chi connectivity index (χ0) is 16.6. The van der Waals surface area contributed by atoms with Gasteiger partial charge in [-0.1, -0.05) is 95.6 Å². The molecule has 0 spiro atoms. The number of hydrogen-bond acceptors (Lipinski definition) is 3. The van der Waals surface area contributed by atoms with Gasteiger partial charge in [-0.2, -0.15) is 0 Å². The lowest BCUT2D eigenvalue weighted by molar-refractivity contribution is 0.504. The van der Waals surface area contributed by atoms with Crippen LogP contribution < -0.4 is 5.32 Å². The molecule has 1 heterocycles. The molecule has 0 saturated heterocycles. The molecule has 134 valence electrons. The van der Waals surface area contributed by atoms with Crippen molar-refractivity contribution in [2.24, 2.45) is 0 Å². The molecule has 0 aliphatic heterocycles. The van der Waals surface area contributed by atoms with Crippen molar-refractivity contribution in [2.45, 2.75) is 103 Å². The Balaban J connectivity index is 1.76. The summed E-state index contributed by atoms with van der Waals surface area (Å²) >= 11 is 0. The van der Waals surface area contributed by atoms with Crippen molar-refractivity contribution in [1.29, 1.82) is 0 Å². The van der Waals surface area contributed by atoms with E-state index in [4.69, 9.17) is 0 Å². The number of nitrogens with one attached hydrogen (secondary N) is 1. The first kappa shape index (κ1) is 20.0. The number of nitrogens with zero attached hydrogens (tertiary/aromatic N) is 3. The Morgan fingerprint density at radius 2 is 1.26 bits per heavy atom. The van der Waals surface area contributed by atoms with E-state index in [0.717, 1.165) is 12.4 Å². The lowest BCUT2D eigenvalue weighted by Gasteiger charge is -2.03. The molecule has 0 saturated carbocycles. The van der Waals surface area contributed by atoms with E-state index in [-0.39, 0.29) is 0 Å². The summed E-state index contributed by atoms with van der Waals surface area (Å²) in [6.07, 6.45) is 21.6. The van der Waals surface area contributed by atoms with Crippen LogP contribution in [0.15, 0.2) is 6.20 Å². The van der Waals surface area contributed by atoms with Crippen molar-refractivity contribution < 1.29 is 0 Å². The third kappa shape index (κ3) is 11.2. The standard InChI is InChI=1S/C19H38N4/c1-3-4-5-6-7-8-9-10-11-12-13-14-15-16-17-23-18-19(20-2)21-22-23/h18,20H,3-17H2,1-2H3. The predicted molar refractivity (Wildman–Crippen MR) is 99.9 cm³/mol. The third-order valence-corrected chi connectivity index (χ3v) is 4.54. The van der Waals surface area contributed by atoms with Crippen LogP contribution in [0.4, 0.5) is 5.82 Å². The van der Waals surface area contributed by atoms with E-state index in [1.54, 1.807) is 0 Å². The SMILES string of the molecule is CCCCCCCCCCCCCCCCn1cc(NC)nn1. The number of rotatable bonds is 16. The Kier molecular flexibility index (Phi) is 12.6. The molecule has 1 aromatic rings. The summed E-state index contributed by atoms with van der Waals surface area (Å²) in [6, 6.07) is 0. The van der Waals surface area contributed by atoms with E-state index in [1.807, 2.05) is 17.9 Å². The lowest BCUT2D eigenvalue weighted by atomic mass is 10.0. The smallest absolute Gasteiger partial charge is 0.168 e. The molecule has 0 aliphatic carbocycles. The highest BCUT2D eigenvalue weighted by Crippen LogP contribution is 2.13. The van der Waals surface area contributed by atoms with Crippen molar-refractivity contribution in [3.05, 3.63) is 6.20 Å². The van der Waals surface area contributed by atoms with Gasteiger partial charge in [-0.25, -0.2) is 0 Å². The van der Waals surface area contributed by atoms with Crippen LogP contribution in [0.3, 0.4) is 0 Å². The molecule has 0 radical (unpaired) electrons. The first-order valence-electron chi connectivity index (χ1n) is 9.94. The molecule has 4 heteroatoms. The summed E-state index contributed by atoms with van der Waals surface area (Å²) < 4.78 is 1.94. The van der Waals surface area contributed by atoms with Gasteiger partial charge in [0.2, 0.25) is 0 Å². The van der Waals surface area contributed by atoms with Crippen molar-refractivity contribution in [3.63, 3.8) is 0 Å². The fraction of sp³-hybridized carbons (Fsp3) is 0.895. The minimum absolute atomic E-state index is 0.857. The fourth-order valence-electron chi connectivity index (χ4n) is 2.99. The lowest BCUT2D eigenvalue weighted by Crippen LogP contribution is -1.98. The zero-order valence-electron chi connectivity index (χ0n) is 15.5. The molecule has 23 heavy (non-hydrogen) atoms. The maximum atomic E-state index is 4.09. The predicted octanol–water partition coefficient (Wildman–Crippen LogP) is 5.80. The summed E-state index contributed by atoms with van der Waals surface area (Å²) in [5.41, 5.74) is 0. The molecule has 1 N–H and O–H groups in total. The Morgan fingerprint density at radius 1 is 0.783 bits per heavy atom. The van der Waals surface area contributed by atoms with Gasteiger partial charge in [-0.05, 0) is 6.42 Å². The first-order valence-corrected chi connectivity index (χ1v) is 9.94. The van der Waals surface area contributed by atoms with Gasteiger partial charge in [0.15, 0.2) is 5.82 Å². The molecule has 1 rings (SSSR count). The second-order valence-electron chi connectivity index (χ2n) is 6.71. The quantitative estimate of drug-likeness (QED) is 0.391. The normalized spacial score (nSPS) is 11.0. The van der Waals surface area contributed by atoms with Gasteiger partial charge in [0, 0.05) is 13.6 Å². The van der Waals surface area contributed by atoms with Crippen LogP contribution in [0, 0.1) is 0 Å². The molecular weight excluding hydrogens is 284 g/mol. The average Bonchev–Trinajstić information content (AvgIpc) is 3.03. The summed E-state index contributed by atoms with van der Waals surface area (Å²) in [6.45, 7) is 3.28. The summed E-state index contributed by atoms with van der Waals surface area (Å²) in [5.74, 6) is 0.857. The Labute approximate surface area is 143 Å². The van der Waals surface area contributed by atoms with Crippen molar-refractivity contribution in [1.82, 2.24) is 15.0 Å². The number of hydrogen-bond donors (Lipinski definition) is 1. The van der Waals surface area contributed by atoms with Crippen LogP contribution in [-0.2, 0) is 6.54 Å². The molecule has 0 unspecified atom stereocenters. The maximum Gasteiger partial charge on any atom is 0.168 e. The van der Waals surface area contributed by atoms with E-state index in [0.29, 0.717) is 0 Å². The van der Waals surface area contributed by atoms with Gasteiger partial charge in [0.05, 0.1) is 6.20 Å². The van der Waals surface area contributed by atoms with Gasteiger partial charge >= 0.3 is 0 Å². The van der Waals surface area contributed by atoms with Crippen LogP contribution in [-0.4, -0.2) is 22.0 Å². The van der Waals surface area contributed by atoms with Gasteiger partial charge in [-0.15, -0.1) is 5.10 Å². The number of aryl methyl sites for hydroxylation is 1. The molecule has 0 amide bonds. The molecule has 0 bridgehead atoms.